The minimum Gasteiger partial charge on any atom is -0.387 e. The van der Waals surface area contributed by atoms with E-state index in [0.29, 0.717) is 17.4 Å². The Morgan fingerprint density at radius 3 is 1.31 bits per heavy atom. The normalized spacial score (nSPS) is 14.7. The van der Waals surface area contributed by atoms with Gasteiger partial charge in [-0.15, -0.1) is 0 Å². The molecule has 0 spiro atoms. The molecule has 1 amide bonds. The Morgan fingerprint density at radius 2 is 0.871 bits per heavy atom. The zero-order chi connectivity index (χ0) is 51.3. The summed E-state index contributed by atoms with van der Waals surface area (Å²) in [6.45, 7) is 4.67. The highest BCUT2D eigenvalue weighted by atomic mass is 31.2. The molecule has 0 aromatic heterocycles. The highest BCUT2D eigenvalue weighted by molar-refractivity contribution is 7.47. The number of hydrogen-bond acceptors (Lipinski definition) is 5. The number of unbranched alkanes of at least 4 members (excludes halogenated alkanes) is 24. The number of carbonyl (C=O) groups excluding carboxylic acids is 1. The van der Waals surface area contributed by atoms with E-state index in [2.05, 4.69) is 104 Å². The van der Waals surface area contributed by atoms with E-state index in [4.69, 9.17) is 9.05 Å². The van der Waals surface area contributed by atoms with Gasteiger partial charge in [0.05, 0.1) is 39.9 Å². The molecule has 0 bridgehead atoms. The van der Waals surface area contributed by atoms with Gasteiger partial charge in [0.2, 0.25) is 5.91 Å². The number of rotatable bonds is 51. The van der Waals surface area contributed by atoms with Gasteiger partial charge in [0.25, 0.3) is 0 Å². The van der Waals surface area contributed by atoms with Crippen LogP contribution in [0.25, 0.3) is 0 Å². The van der Waals surface area contributed by atoms with Gasteiger partial charge >= 0.3 is 7.82 Å². The molecule has 0 heterocycles. The van der Waals surface area contributed by atoms with Crippen molar-refractivity contribution in [2.45, 2.75) is 244 Å². The van der Waals surface area contributed by atoms with E-state index in [0.717, 1.165) is 89.9 Å². The van der Waals surface area contributed by atoms with E-state index >= 15 is 0 Å². The van der Waals surface area contributed by atoms with Crippen molar-refractivity contribution in [3.05, 3.63) is 97.2 Å². The van der Waals surface area contributed by atoms with Gasteiger partial charge in [-0.1, -0.05) is 233 Å². The quantitative estimate of drug-likeness (QED) is 0.0243. The number of aliphatic hydroxyl groups excluding tert-OH is 1. The average Bonchev–Trinajstić information content (AvgIpc) is 3.32. The number of allylic oxidation sites excluding steroid dienone is 15. The first-order chi connectivity index (χ1) is 34.0. The number of nitrogens with zero attached hydrogens (tertiary/aromatic N) is 1. The first-order valence-electron chi connectivity index (χ1n) is 28.6. The maximum absolute atomic E-state index is 13.0. The third kappa shape index (κ3) is 53.2. The van der Waals surface area contributed by atoms with Gasteiger partial charge in [-0.05, 0) is 89.9 Å². The van der Waals surface area contributed by atoms with E-state index in [9.17, 15) is 19.4 Å². The van der Waals surface area contributed by atoms with Crippen molar-refractivity contribution < 1.29 is 32.9 Å². The molecule has 0 saturated carbocycles. The Morgan fingerprint density at radius 1 is 0.500 bits per heavy atom. The summed E-state index contributed by atoms with van der Waals surface area (Å²) in [6, 6.07) is -0.883. The van der Waals surface area contributed by atoms with Gasteiger partial charge < -0.3 is 19.8 Å². The summed E-state index contributed by atoms with van der Waals surface area (Å²) in [7, 11) is 1.53. The first-order valence-corrected chi connectivity index (χ1v) is 30.1. The van der Waals surface area contributed by atoms with Gasteiger partial charge in [-0.25, -0.2) is 4.57 Å². The number of likely N-dealkylation sites (N-methyl/N-ethyl adjacent to an activating group) is 1. The topological polar surface area (TPSA) is 105 Å². The zero-order valence-electron chi connectivity index (χ0n) is 46.0. The number of nitrogens with one attached hydrogen (secondary N) is 1. The largest absolute Gasteiger partial charge is 0.472 e. The molecule has 0 aromatic rings. The van der Waals surface area contributed by atoms with Gasteiger partial charge in [0, 0.05) is 6.42 Å². The molecule has 404 valence electrons. The molecule has 0 aliphatic carbocycles. The Kier molecular flexibility index (Phi) is 49.4. The smallest absolute Gasteiger partial charge is 0.387 e. The van der Waals surface area contributed by atoms with Crippen molar-refractivity contribution in [2.75, 3.05) is 40.9 Å². The van der Waals surface area contributed by atoms with E-state index in [1.54, 1.807) is 6.08 Å². The van der Waals surface area contributed by atoms with Gasteiger partial charge in [0.1, 0.15) is 13.2 Å². The van der Waals surface area contributed by atoms with Crippen LogP contribution < -0.4 is 5.32 Å². The number of carbonyl (C=O) groups is 1. The fourth-order valence-corrected chi connectivity index (χ4v) is 8.54. The van der Waals surface area contributed by atoms with Crippen LogP contribution >= 0.6 is 7.82 Å². The molecule has 0 rings (SSSR count). The lowest BCUT2D eigenvalue weighted by molar-refractivity contribution is -0.870. The summed E-state index contributed by atoms with van der Waals surface area (Å²) in [5.41, 5.74) is 0. The molecule has 0 radical (unpaired) electrons. The van der Waals surface area contributed by atoms with E-state index in [-0.39, 0.29) is 19.1 Å². The molecule has 3 atom stereocenters. The minimum absolute atomic E-state index is 0.0461. The summed E-state index contributed by atoms with van der Waals surface area (Å²) < 4.78 is 23.7. The van der Waals surface area contributed by atoms with Crippen LogP contribution in [0.3, 0.4) is 0 Å². The third-order valence-corrected chi connectivity index (χ3v) is 13.2. The molecule has 0 aliphatic rings. The van der Waals surface area contributed by atoms with E-state index in [1.807, 2.05) is 27.2 Å². The number of hydrogen-bond donors (Lipinski definition) is 3. The van der Waals surface area contributed by atoms with Crippen molar-refractivity contribution in [3.63, 3.8) is 0 Å². The predicted octanol–water partition coefficient (Wildman–Crippen LogP) is 17.4. The minimum atomic E-state index is -4.37. The van der Waals surface area contributed by atoms with Crippen molar-refractivity contribution in [1.29, 1.82) is 0 Å². The second-order valence-electron chi connectivity index (χ2n) is 20.3. The van der Waals surface area contributed by atoms with Crippen LogP contribution in [0.2, 0.25) is 0 Å². The highest BCUT2D eigenvalue weighted by Crippen LogP contribution is 2.43. The summed E-state index contributed by atoms with van der Waals surface area (Å²) in [5, 5.41) is 13.9. The van der Waals surface area contributed by atoms with Crippen LogP contribution in [0.1, 0.15) is 232 Å². The highest BCUT2D eigenvalue weighted by Gasteiger charge is 2.27. The Hall–Kier alpha value is -2.58. The van der Waals surface area contributed by atoms with Gasteiger partial charge in [-0.3, -0.25) is 13.8 Å². The van der Waals surface area contributed by atoms with Crippen LogP contribution in [0.4, 0.5) is 0 Å². The summed E-state index contributed by atoms with van der Waals surface area (Å²) in [5.74, 6) is -0.205. The third-order valence-electron chi connectivity index (χ3n) is 12.3. The summed E-state index contributed by atoms with van der Waals surface area (Å²) >= 11 is 0. The van der Waals surface area contributed by atoms with Gasteiger partial charge in [0.15, 0.2) is 0 Å². The second kappa shape index (κ2) is 51.3. The Labute approximate surface area is 432 Å². The van der Waals surface area contributed by atoms with E-state index in [1.165, 1.54) is 122 Å². The lowest BCUT2D eigenvalue weighted by Crippen LogP contribution is -2.45. The monoisotopic (exact) mass is 998 g/mol. The molecule has 0 saturated heterocycles. The SMILES string of the molecule is CC/C=C\C/C=C\C/C=C\C/C=C\C/C=C\CCCCCCCCCC(=O)NC(COP(=O)(O)OCC[N+](C)(C)C)C(O)/C=C/CC/C=C/CC/C=C/CCCCCCCCCCCCCCCCC. The van der Waals surface area contributed by atoms with Crippen molar-refractivity contribution in [3.8, 4) is 0 Å². The standard InChI is InChI=1S/C61H109N2O6P/c1-6-8-10-12-14-16-18-20-22-24-26-28-30-31-33-34-36-38-40-42-44-46-48-50-52-54-60(64)59(58-69-70(66,67)68-57-56-63(3,4)5)62-61(65)55-53-51-49-47-45-43-41-39-37-35-32-29-27-25-23-21-19-17-15-13-11-9-7-2/h9,11,15,17,21,23,27,29,35-38,44,46,52,54,59-60,64H,6-8,10,12-14,16,18-20,22,24-26,28,30-34,39-43,45,47-51,53,55-58H2,1-5H3,(H-,62,65,66,67)/p+1/b11-9-,17-15-,23-21-,29-27-,37-35-,38-36+,46-44+,54-52+. The Bertz CT molecular complexity index is 1460. The molecular formula is C61H110N2O6P+. The second-order valence-corrected chi connectivity index (χ2v) is 21.7. The molecule has 0 aromatic carbocycles. The average molecular weight is 999 g/mol. The lowest BCUT2D eigenvalue weighted by atomic mass is 10.0. The summed E-state index contributed by atoms with van der Waals surface area (Å²) in [4.78, 5) is 23.3. The molecule has 9 heteroatoms. The van der Waals surface area contributed by atoms with Crippen LogP contribution in [-0.2, 0) is 18.4 Å². The number of amides is 1. The number of aliphatic hydroxyl groups is 1. The Balaban J connectivity index is 4.35. The molecule has 70 heavy (non-hydrogen) atoms. The molecule has 0 fully saturated rings. The maximum atomic E-state index is 13.0. The number of phosphoric ester groups is 1. The predicted molar refractivity (Wildman–Crippen MR) is 304 cm³/mol. The fourth-order valence-electron chi connectivity index (χ4n) is 7.81. The van der Waals surface area contributed by atoms with Crippen LogP contribution in [0.5, 0.6) is 0 Å². The molecular weight excluding hydrogens is 888 g/mol. The van der Waals surface area contributed by atoms with E-state index < -0.39 is 20.0 Å². The first kappa shape index (κ1) is 67.4. The molecule has 3 unspecified atom stereocenters. The van der Waals surface area contributed by atoms with Crippen LogP contribution in [-0.4, -0.2) is 73.4 Å². The number of phosphoric acid groups is 1. The molecule has 8 nitrogen and oxygen atoms in total. The molecule has 3 N–H and O–H groups in total. The van der Waals surface area contributed by atoms with Crippen molar-refractivity contribution in [1.82, 2.24) is 5.32 Å². The maximum Gasteiger partial charge on any atom is 0.472 e. The summed E-state index contributed by atoms with van der Waals surface area (Å²) in [6.07, 6.45) is 73.7. The van der Waals surface area contributed by atoms with Crippen molar-refractivity contribution >= 4 is 13.7 Å². The zero-order valence-corrected chi connectivity index (χ0v) is 46.9. The van der Waals surface area contributed by atoms with Crippen molar-refractivity contribution in [2.24, 2.45) is 0 Å². The fraction of sp³-hybridized carbons (Fsp3) is 0.721. The van der Waals surface area contributed by atoms with Crippen LogP contribution in [0.15, 0.2) is 97.2 Å². The van der Waals surface area contributed by atoms with Gasteiger partial charge in [-0.2, -0.15) is 0 Å². The number of quaternary nitrogens is 1. The molecule has 0 aliphatic heterocycles. The lowest BCUT2D eigenvalue weighted by Gasteiger charge is -2.25. The van der Waals surface area contributed by atoms with Crippen LogP contribution in [0, 0.1) is 0 Å².